The van der Waals surface area contributed by atoms with Crippen LogP contribution in [0.15, 0.2) is 78.4 Å². The Labute approximate surface area is 138 Å². The number of carbonyl (C=O) groups is 1. The van der Waals surface area contributed by atoms with Crippen LogP contribution in [0.3, 0.4) is 0 Å². The number of ether oxygens (including phenoxy) is 1. The fraction of sp³-hybridized carbons (Fsp3) is 0. The van der Waals surface area contributed by atoms with Crippen LogP contribution in [0.5, 0.6) is 0 Å². The minimum absolute atomic E-state index is 0.336. The van der Waals surface area contributed by atoms with E-state index in [2.05, 4.69) is 0 Å². The molecule has 24 heavy (non-hydrogen) atoms. The second-order valence-corrected chi connectivity index (χ2v) is 5.55. The molecule has 0 aromatic heterocycles. The van der Waals surface area contributed by atoms with Crippen LogP contribution in [0.2, 0.25) is 0 Å². The molecule has 0 amide bonds. The summed E-state index contributed by atoms with van der Waals surface area (Å²) in [6.07, 6.45) is 3.17. The average molecular weight is 316 g/mol. The van der Waals surface area contributed by atoms with Gasteiger partial charge in [0.25, 0.3) is 0 Å². The maximum atomic E-state index is 13.8. The summed E-state index contributed by atoms with van der Waals surface area (Å²) < 4.78 is 19.2. The summed E-state index contributed by atoms with van der Waals surface area (Å²) in [6.45, 7) is 0. The van der Waals surface area contributed by atoms with Gasteiger partial charge in [0.05, 0.1) is 5.57 Å². The summed E-state index contributed by atoms with van der Waals surface area (Å²) in [6, 6.07) is 20.1. The summed E-state index contributed by atoms with van der Waals surface area (Å²) in [5.41, 5.74) is 1.54. The predicted octanol–water partition coefficient (Wildman–Crippen LogP) is 4.96. The Morgan fingerprint density at radius 1 is 0.875 bits per heavy atom. The monoisotopic (exact) mass is 316 g/mol. The quantitative estimate of drug-likeness (QED) is 0.493. The van der Waals surface area contributed by atoms with Gasteiger partial charge < -0.3 is 4.74 Å². The summed E-state index contributed by atoms with van der Waals surface area (Å²) in [5, 5.41) is 2.07. The SMILES string of the molecule is O=C1OC(c2cccc3ccccc23)=C/C1=C/c1ccccc1F. The van der Waals surface area contributed by atoms with Gasteiger partial charge in [0.2, 0.25) is 0 Å². The first-order chi connectivity index (χ1) is 11.7. The standard InChI is InChI=1S/C21H13FO2/c22-19-11-4-2-7-15(19)12-16-13-20(24-21(16)23)18-10-5-8-14-6-1-3-9-17(14)18/h1-13H/b16-12-. The molecule has 3 heteroatoms. The topological polar surface area (TPSA) is 26.3 Å². The second kappa shape index (κ2) is 5.78. The smallest absolute Gasteiger partial charge is 0.343 e. The van der Waals surface area contributed by atoms with Crippen LogP contribution >= 0.6 is 0 Å². The van der Waals surface area contributed by atoms with Crippen molar-refractivity contribution in [2.45, 2.75) is 0 Å². The molecule has 0 aliphatic carbocycles. The molecule has 1 aliphatic heterocycles. The highest BCUT2D eigenvalue weighted by atomic mass is 19.1. The summed E-state index contributed by atoms with van der Waals surface area (Å²) in [4.78, 5) is 12.1. The van der Waals surface area contributed by atoms with Crippen molar-refractivity contribution in [3.05, 3.63) is 95.3 Å². The lowest BCUT2D eigenvalue weighted by atomic mass is 10.0. The number of benzene rings is 3. The molecule has 0 N–H and O–H groups in total. The molecule has 0 atom stereocenters. The highest BCUT2D eigenvalue weighted by Gasteiger charge is 2.23. The Morgan fingerprint density at radius 3 is 2.50 bits per heavy atom. The molecule has 116 valence electrons. The minimum atomic E-state index is -0.471. The number of hydrogen-bond acceptors (Lipinski definition) is 2. The zero-order valence-electron chi connectivity index (χ0n) is 12.7. The molecular formula is C21H13FO2. The van der Waals surface area contributed by atoms with Crippen LogP contribution < -0.4 is 0 Å². The molecule has 0 saturated heterocycles. The summed E-state index contributed by atoms with van der Waals surface area (Å²) in [7, 11) is 0. The molecule has 1 aliphatic rings. The first-order valence-corrected chi connectivity index (χ1v) is 7.60. The van der Waals surface area contributed by atoms with Crippen LogP contribution in [0.1, 0.15) is 11.1 Å². The number of fused-ring (bicyclic) bond motifs is 1. The van der Waals surface area contributed by atoms with Gasteiger partial charge in [-0.05, 0) is 29.0 Å². The largest absolute Gasteiger partial charge is 0.422 e. The van der Waals surface area contributed by atoms with Gasteiger partial charge in [-0.15, -0.1) is 0 Å². The Bertz CT molecular complexity index is 1010. The van der Waals surface area contributed by atoms with Crippen molar-refractivity contribution in [1.29, 1.82) is 0 Å². The van der Waals surface area contributed by atoms with E-state index in [-0.39, 0.29) is 5.82 Å². The molecule has 2 nitrogen and oxygen atoms in total. The molecule has 3 aromatic carbocycles. The third-order valence-electron chi connectivity index (χ3n) is 4.00. The van der Waals surface area contributed by atoms with E-state index < -0.39 is 5.97 Å². The van der Waals surface area contributed by atoms with Gasteiger partial charge in [-0.3, -0.25) is 0 Å². The van der Waals surface area contributed by atoms with Crippen molar-refractivity contribution in [2.24, 2.45) is 0 Å². The lowest BCUT2D eigenvalue weighted by molar-refractivity contribution is -0.130. The van der Waals surface area contributed by atoms with Crippen LogP contribution in [0, 0.1) is 5.82 Å². The van der Waals surface area contributed by atoms with Crippen molar-refractivity contribution in [3.63, 3.8) is 0 Å². The maximum Gasteiger partial charge on any atom is 0.343 e. The van der Waals surface area contributed by atoms with E-state index in [1.807, 2.05) is 42.5 Å². The van der Waals surface area contributed by atoms with Gasteiger partial charge in [0.15, 0.2) is 0 Å². The van der Waals surface area contributed by atoms with Gasteiger partial charge in [-0.25, -0.2) is 9.18 Å². The fourth-order valence-electron chi connectivity index (χ4n) is 2.82. The van der Waals surface area contributed by atoms with E-state index in [1.54, 1.807) is 24.3 Å². The first kappa shape index (κ1) is 14.4. The molecule has 3 aromatic rings. The zero-order valence-corrected chi connectivity index (χ0v) is 12.7. The summed E-state index contributed by atoms with van der Waals surface area (Å²) in [5.74, 6) is -0.356. The third kappa shape index (κ3) is 2.50. The van der Waals surface area contributed by atoms with Gasteiger partial charge in [0.1, 0.15) is 11.6 Å². The number of halogens is 1. The van der Waals surface area contributed by atoms with Crippen molar-refractivity contribution in [2.75, 3.05) is 0 Å². The predicted molar refractivity (Wildman–Crippen MR) is 92.4 cm³/mol. The van der Waals surface area contributed by atoms with E-state index in [1.165, 1.54) is 12.1 Å². The van der Waals surface area contributed by atoms with E-state index in [4.69, 9.17) is 4.74 Å². The second-order valence-electron chi connectivity index (χ2n) is 5.55. The lowest BCUT2D eigenvalue weighted by Gasteiger charge is -2.06. The van der Waals surface area contributed by atoms with Crippen LogP contribution in [-0.2, 0) is 9.53 Å². The molecule has 0 radical (unpaired) electrons. The number of cyclic esters (lactones) is 1. The number of rotatable bonds is 2. The van der Waals surface area contributed by atoms with Crippen LogP contribution in [-0.4, -0.2) is 5.97 Å². The first-order valence-electron chi connectivity index (χ1n) is 7.60. The lowest BCUT2D eigenvalue weighted by Crippen LogP contribution is -1.97. The van der Waals surface area contributed by atoms with Crippen molar-refractivity contribution >= 4 is 28.6 Å². The normalized spacial score (nSPS) is 15.6. The molecule has 0 unspecified atom stereocenters. The zero-order chi connectivity index (χ0) is 16.5. The highest BCUT2D eigenvalue weighted by molar-refractivity contribution is 6.07. The molecule has 1 heterocycles. The molecule has 4 rings (SSSR count). The van der Waals surface area contributed by atoms with Gasteiger partial charge in [-0.1, -0.05) is 60.7 Å². The molecule has 0 spiro atoms. The van der Waals surface area contributed by atoms with Crippen LogP contribution in [0.25, 0.3) is 22.6 Å². The number of esters is 1. The van der Waals surface area contributed by atoms with Gasteiger partial charge >= 0.3 is 5.97 Å². The van der Waals surface area contributed by atoms with E-state index in [9.17, 15) is 9.18 Å². The minimum Gasteiger partial charge on any atom is -0.422 e. The molecule has 0 saturated carbocycles. The number of hydrogen-bond donors (Lipinski definition) is 0. The van der Waals surface area contributed by atoms with E-state index in [0.29, 0.717) is 16.9 Å². The molecule has 0 bridgehead atoms. The Hall–Kier alpha value is -3.20. The van der Waals surface area contributed by atoms with Crippen molar-refractivity contribution < 1.29 is 13.9 Å². The van der Waals surface area contributed by atoms with E-state index in [0.717, 1.165) is 16.3 Å². The van der Waals surface area contributed by atoms with E-state index >= 15 is 0 Å². The Kier molecular flexibility index (Phi) is 3.47. The molecule has 0 fully saturated rings. The molecular weight excluding hydrogens is 303 g/mol. The third-order valence-corrected chi connectivity index (χ3v) is 4.00. The Balaban J connectivity index is 1.80. The van der Waals surface area contributed by atoms with Crippen molar-refractivity contribution in [3.8, 4) is 0 Å². The summed E-state index contributed by atoms with van der Waals surface area (Å²) >= 11 is 0. The fourth-order valence-corrected chi connectivity index (χ4v) is 2.82. The maximum absolute atomic E-state index is 13.8. The average Bonchev–Trinajstić information content (AvgIpc) is 2.97. The van der Waals surface area contributed by atoms with Gasteiger partial charge in [-0.2, -0.15) is 0 Å². The van der Waals surface area contributed by atoms with Gasteiger partial charge in [0, 0.05) is 11.1 Å². The van der Waals surface area contributed by atoms with Crippen molar-refractivity contribution in [1.82, 2.24) is 0 Å². The Morgan fingerprint density at radius 2 is 1.62 bits per heavy atom. The highest BCUT2D eigenvalue weighted by Crippen LogP contribution is 2.32. The number of carbonyl (C=O) groups excluding carboxylic acids is 1. The van der Waals surface area contributed by atoms with Crippen LogP contribution in [0.4, 0.5) is 4.39 Å².